The van der Waals surface area contributed by atoms with Crippen molar-refractivity contribution in [3.63, 3.8) is 0 Å². The van der Waals surface area contributed by atoms with Gasteiger partial charge in [0.25, 0.3) is 0 Å². The summed E-state index contributed by atoms with van der Waals surface area (Å²) in [6, 6.07) is 10.2. The molecule has 2 rings (SSSR count). The Morgan fingerprint density at radius 2 is 2.06 bits per heavy atom. The molecule has 0 fully saturated rings. The summed E-state index contributed by atoms with van der Waals surface area (Å²) in [7, 11) is 4.18. The molecule has 1 aromatic carbocycles. The quantitative estimate of drug-likeness (QED) is 0.614. The topological polar surface area (TPSA) is 16.1 Å². The Kier molecular flexibility index (Phi) is 4.87. The molecule has 1 aromatic heterocycles. The van der Waals surface area contributed by atoms with Crippen molar-refractivity contribution in [2.45, 2.75) is 5.75 Å². The van der Waals surface area contributed by atoms with Crippen LogP contribution < -0.4 is 0 Å². The summed E-state index contributed by atoms with van der Waals surface area (Å²) in [5, 5.41) is 1.79. The average molecular weight is 281 g/mol. The number of nitrogens with zero attached hydrogens (tertiary/aromatic N) is 2. The van der Waals surface area contributed by atoms with E-state index < -0.39 is 0 Å². The van der Waals surface area contributed by atoms with Gasteiger partial charge in [-0.1, -0.05) is 29.8 Å². The summed E-state index contributed by atoms with van der Waals surface area (Å²) < 4.78 is 0. The van der Waals surface area contributed by atoms with E-state index in [0.717, 1.165) is 34.5 Å². The van der Waals surface area contributed by atoms with Gasteiger partial charge in [-0.15, -0.1) is 0 Å². The molecule has 0 saturated carbocycles. The molecule has 0 unspecified atom stereocenters. The van der Waals surface area contributed by atoms with Gasteiger partial charge < -0.3 is 4.90 Å². The van der Waals surface area contributed by atoms with Crippen molar-refractivity contribution < 1.29 is 0 Å². The molecule has 96 valence electrons. The SMILES string of the molecule is CN(C)CCSCc1cc2ccccc2nc1Cl. The maximum Gasteiger partial charge on any atom is 0.133 e. The van der Waals surface area contributed by atoms with E-state index in [1.165, 1.54) is 0 Å². The van der Waals surface area contributed by atoms with Crippen molar-refractivity contribution in [3.8, 4) is 0 Å². The van der Waals surface area contributed by atoms with Gasteiger partial charge >= 0.3 is 0 Å². The normalized spacial score (nSPS) is 11.3. The van der Waals surface area contributed by atoms with Crippen LogP contribution in [0.2, 0.25) is 5.15 Å². The van der Waals surface area contributed by atoms with Crippen LogP contribution in [0.1, 0.15) is 5.56 Å². The van der Waals surface area contributed by atoms with Crippen molar-refractivity contribution in [3.05, 3.63) is 41.0 Å². The van der Waals surface area contributed by atoms with E-state index in [0.29, 0.717) is 5.15 Å². The molecule has 0 atom stereocenters. The van der Waals surface area contributed by atoms with Crippen LogP contribution in [0.4, 0.5) is 0 Å². The smallest absolute Gasteiger partial charge is 0.133 e. The summed E-state index contributed by atoms with van der Waals surface area (Å²) in [6.45, 7) is 1.09. The first kappa shape index (κ1) is 13.7. The summed E-state index contributed by atoms with van der Waals surface area (Å²) >= 11 is 8.10. The summed E-state index contributed by atoms with van der Waals surface area (Å²) in [5.41, 5.74) is 2.09. The minimum atomic E-state index is 0.631. The van der Waals surface area contributed by atoms with Gasteiger partial charge in [-0.05, 0) is 26.2 Å². The summed E-state index contributed by atoms with van der Waals surface area (Å²) in [6.07, 6.45) is 0. The van der Waals surface area contributed by atoms with Crippen molar-refractivity contribution in [2.75, 3.05) is 26.4 Å². The van der Waals surface area contributed by atoms with Crippen LogP contribution in [0.15, 0.2) is 30.3 Å². The van der Waals surface area contributed by atoms with Gasteiger partial charge in [-0.3, -0.25) is 0 Å². The fourth-order valence-electron chi connectivity index (χ4n) is 1.67. The monoisotopic (exact) mass is 280 g/mol. The first-order valence-corrected chi connectivity index (χ1v) is 7.47. The molecular weight excluding hydrogens is 264 g/mol. The Labute approximate surface area is 117 Å². The van der Waals surface area contributed by atoms with E-state index in [4.69, 9.17) is 11.6 Å². The Morgan fingerprint density at radius 1 is 1.28 bits per heavy atom. The van der Waals surface area contributed by atoms with Gasteiger partial charge in [0.2, 0.25) is 0 Å². The molecule has 0 aliphatic heterocycles. The van der Waals surface area contributed by atoms with Gasteiger partial charge in [0.15, 0.2) is 0 Å². The minimum Gasteiger partial charge on any atom is -0.309 e. The van der Waals surface area contributed by atoms with Crippen molar-refractivity contribution in [1.82, 2.24) is 9.88 Å². The van der Waals surface area contributed by atoms with E-state index in [1.54, 1.807) is 0 Å². The molecule has 4 heteroatoms. The number of halogens is 1. The van der Waals surface area contributed by atoms with E-state index in [2.05, 4.69) is 36.1 Å². The molecule has 0 radical (unpaired) electrons. The Morgan fingerprint density at radius 3 is 2.83 bits per heavy atom. The number of rotatable bonds is 5. The third kappa shape index (κ3) is 3.61. The number of benzene rings is 1. The van der Waals surface area contributed by atoms with Gasteiger partial charge in [-0.2, -0.15) is 11.8 Å². The number of aromatic nitrogens is 1. The standard InChI is InChI=1S/C14H17ClN2S/c1-17(2)7-8-18-10-12-9-11-5-3-4-6-13(11)16-14(12)15/h3-6,9H,7-8,10H2,1-2H3. The minimum absolute atomic E-state index is 0.631. The van der Waals surface area contributed by atoms with Crippen LogP contribution in [0.3, 0.4) is 0 Å². The zero-order chi connectivity index (χ0) is 13.0. The van der Waals surface area contributed by atoms with Crippen LogP contribution in [0.25, 0.3) is 10.9 Å². The highest BCUT2D eigenvalue weighted by Gasteiger charge is 2.04. The second-order valence-corrected chi connectivity index (χ2v) is 5.95. The second kappa shape index (κ2) is 6.41. The van der Waals surface area contributed by atoms with E-state index in [1.807, 2.05) is 30.0 Å². The number of fused-ring (bicyclic) bond motifs is 1. The number of pyridine rings is 1. The highest BCUT2D eigenvalue weighted by Crippen LogP contribution is 2.24. The first-order valence-electron chi connectivity index (χ1n) is 5.93. The summed E-state index contributed by atoms with van der Waals surface area (Å²) in [5.74, 6) is 2.03. The second-order valence-electron chi connectivity index (χ2n) is 4.49. The maximum absolute atomic E-state index is 6.21. The zero-order valence-corrected chi connectivity index (χ0v) is 12.3. The maximum atomic E-state index is 6.21. The molecule has 18 heavy (non-hydrogen) atoms. The first-order chi connectivity index (χ1) is 8.66. The molecule has 0 aliphatic rings. The molecule has 2 aromatic rings. The van der Waals surface area contributed by atoms with Crippen LogP contribution in [-0.2, 0) is 5.75 Å². The van der Waals surface area contributed by atoms with Gasteiger partial charge in [0, 0.05) is 29.0 Å². The zero-order valence-electron chi connectivity index (χ0n) is 10.7. The average Bonchev–Trinajstić information content (AvgIpc) is 2.34. The van der Waals surface area contributed by atoms with Crippen molar-refractivity contribution in [2.24, 2.45) is 0 Å². The number of hydrogen-bond donors (Lipinski definition) is 0. The lowest BCUT2D eigenvalue weighted by Gasteiger charge is -2.09. The fourth-order valence-corrected chi connectivity index (χ4v) is 3.04. The van der Waals surface area contributed by atoms with E-state index >= 15 is 0 Å². The predicted molar refractivity (Wildman–Crippen MR) is 81.5 cm³/mol. The summed E-state index contributed by atoms with van der Waals surface area (Å²) in [4.78, 5) is 6.62. The Balaban J connectivity index is 2.06. The largest absolute Gasteiger partial charge is 0.309 e. The Bertz CT molecular complexity index is 528. The van der Waals surface area contributed by atoms with Gasteiger partial charge in [-0.25, -0.2) is 4.98 Å². The number of para-hydroxylation sites is 1. The number of thioether (sulfide) groups is 1. The highest BCUT2D eigenvalue weighted by atomic mass is 35.5. The third-order valence-corrected chi connectivity index (χ3v) is 4.00. The van der Waals surface area contributed by atoms with Crippen molar-refractivity contribution >= 4 is 34.3 Å². The number of hydrogen-bond acceptors (Lipinski definition) is 3. The molecule has 0 spiro atoms. The fraction of sp³-hybridized carbons (Fsp3) is 0.357. The van der Waals surface area contributed by atoms with E-state index in [9.17, 15) is 0 Å². The van der Waals surface area contributed by atoms with Gasteiger partial charge in [0.05, 0.1) is 5.52 Å². The lowest BCUT2D eigenvalue weighted by molar-refractivity contribution is 0.437. The lowest BCUT2D eigenvalue weighted by atomic mass is 10.2. The molecule has 2 nitrogen and oxygen atoms in total. The molecule has 0 bridgehead atoms. The molecule has 0 amide bonds. The molecule has 0 N–H and O–H groups in total. The highest BCUT2D eigenvalue weighted by molar-refractivity contribution is 7.98. The molecule has 0 aliphatic carbocycles. The van der Waals surface area contributed by atoms with Gasteiger partial charge in [0.1, 0.15) is 5.15 Å². The third-order valence-electron chi connectivity index (χ3n) is 2.69. The van der Waals surface area contributed by atoms with Crippen LogP contribution in [0, 0.1) is 0 Å². The molecule has 0 saturated heterocycles. The van der Waals surface area contributed by atoms with Crippen LogP contribution in [-0.4, -0.2) is 36.3 Å². The predicted octanol–water partition coefficient (Wildman–Crippen LogP) is 3.68. The molecule has 1 heterocycles. The lowest BCUT2D eigenvalue weighted by Crippen LogP contribution is -2.14. The molecular formula is C14H17ClN2S. The van der Waals surface area contributed by atoms with Crippen molar-refractivity contribution in [1.29, 1.82) is 0 Å². The van der Waals surface area contributed by atoms with E-state index in [-0.39, 0.29) is 0 Å². The van der Waals surface area contributed by atoms with Crippen LogP contribution in [0.5, 0.6) is 0 Å². The van der Waals surface area contributed by atoms with Crippen LogP contribution >= 0.6 is 23.4 Å². The Hall–Kier alpha value is -0.770.